The number of nitrogens with two attached hydrogens (primary N) is 2. The minimum absolute atomic E-state index is 0.376. The number of aromatic nitrogens is 5. The van der Waals surface area contributed by atoms with Crippen LogP contribution in [0.25, 0.3) is 33.2 Å². The number of methoxy groups -OCH3 is 1. The quantitative estimate of drug-likeness (QED) is 0.418. The zero-order valence-electron chi connectivity index (χ0n) is 16.5. The minimum atomic E-state index is 0.376. The molecule has 0 bridgehead atoms. The smallest absolute Gasteiger partial charge is 0.165 e. The van der Waals surface area contributed by atoms with Crippen LogP contribution in [-0.4, -0.2) is 31.6 Å². The van der Waals surface area contributed by atoms with Crippen molar-refractivity contribution in [1.82, 2.24) is 24.5 Å². The van der Waals surface area contributed by atoms with Crippen molar-refractivity contribution < 1.29 is 4.74 Å². The fraction of sp³-hybridized carbons (Fsp3) is 0.136. The van der Waals surface area contributed by atoms with E-state index in [1.807, 2.05) is 22.8 Å². The average molecular weight is 399 g/mol. The van der Waals surface area contributed by atoms with Crippen molar-refractivity contribution in [2.45, 2.75) is 13.1 Å². The maximum atomic E-state index is 5.93. The molecule has 150 valence electrons. The third-order valence-electron chi connectivity index (χ3n) is 5.32. The number of nitrogens with zero attached hydrogens (tertiary/aromatic N) is 4. The maximum Gasteiger partial charge on any atom is 0.165 e. The Balaban J connectivity index is 1.67. The molecule has 5 rings (SSSR count). The van der Waals surface area contributed by atoms with Gasteiger partial charge in [-0.1, -0.05) is 30.3 Å². The molecule has 2 aromatic carbocycles. The largest absolute Gasteiger partial charge is 0.496 e. The second-order valence-corrected chi connectivity index (χ2v) is 7.06. The summed E-state index contributed by atoms with van der Waals surface area (Å²) >= 11 is 0. The van der Waals surface area contributed by atoms with Gasteiger partial charge in [0.05, 0.1) is 25.5 Å². The topological polar surface area (TPSA) is 121 Å². The van der Waals surface area contributed by atoms with Crippen LogP contribution in [0.2, 0.25) is 0 Å². The molecule has 0 aliphatic heterocycles. The van der Waals surface area contributed by atoms with Crippen LogP contribution >= 0.6 is 0 Å². The lowest BCUT2D eigenvalue weighted by molar-refractivity contribution is 0.416. The van der Waals surface area contributed by atoms with Gasteiger partial charge in [-0.2, -0.15) is 0 Å². The highest BCUT2D eigenvalue weighted by Gasteiger charge is 2.15. The zero-order chi connectivity index (χ0) is 20.7. The van der Waals surface area contributed by atoms with Crippen LogP contribution in [0.5, 0.6) is 5.75 Å². The number of hydrogen-bond acceptors (Lipinski definition) is 6. The molecule has 0 aliphatic rings. The maximum absolute atomic E-state index is 5.93. The number of anilines is 1. The normalized spacial score (nSPS) is 11.4. The van der Waals surface area contributed by atoms with Crippen molar-refractivity contribution in [1.29, 1.82) is 0 Å². The van der Waals surface area contributed by atoms with E-state index in [1.165, 1.54) is 6.33 Å². The number of imidazole rings is 1. The molecule has 8 nitrogen and oxygen atoms in total. The molecule has 0 radical (unpaired) electrons. The summed E-state index contributed by atoms with van der Waals surface area (Å²) in [6.07, 6.45) is 3.19. The number of fused-ring (bicyclic) bond motifs is 2. The molecule has 5 aromatic rings. The fourth-order valence-corrected chi connectivity index (χ4v) is 3.87. The first kappa shape index (κ1) is 18.1. The van der Waals surface area contributed by atoms with Crippen LogP contribution in [0.15, 0.2) is 55.1 Å². The van der Waals surface area contributed by atoms with Gasteiger partial charge >= 0.3 is 0 Å². The van der Waals surface area contributed by atoms with E-state index < -0.39 is 0 Å². The Kier molecular flexibility index (Phi) is 4.33. The van der Waals surface area contributed by atoms with Crippen molar-refractivity contribution in [3.63, 3.8) is 0 Å². The van der Waals surface area contributed by atoms with Crippen LogP contribution in [0.3, 0.4) is 0 Å². The molecule has 0 atom stereocenters. The number of aromatic amines is 1. The highest BCUT2D eigenvalue weighted by Crippen LogP contribution is 2.37. The first-order valence-corrected chi connectivity index (χ1v) is 9.58. The summed E-state index contributed by atoms with van der Waals surface area (Å²) in [6, 6.07) is 14.3. The first-order valence-electron chi connectivity index (χ1n) is 9.58. The van der Waals surface area contributed by atoms with Crippen LogP contribution < -0.4 is 16.2 Å². The predicted octanol–water partition coefficient (Wildman–Crippen LogP) is 3.07. The van der Waals surface area contributed by atoms with Gasteiger partial charge in [-0.25, -0.2) is 15.0 Å². The second-order valence-electron chi connectivity index (χ2n) is 7.06. The molecule has 0 saturated heterocycles. The van der Waals surface area contributed by atoms with Gasteiger partial charge in [0.2, 0.25) is 0 Å². The molecule has 0 amide bonds. The number of nitrogens with one attached hydrogen (secondary N) is 1. The van der Waals surface area contributed by atoms with Gasteiger partial charge in [-0.05, 0) is 23.3 Å². The number of benzene rings is 2. The Bertz CT molecular complexity index is 1370. The highest BCUT2D eigenvalue weighted by atomic mass is 16.5. The molecular weight excluding hydrogens is 378 g/mol. The van der Waals surface area contributed by atoms with Gasteiger partial charge in [-0.15, -0.1) is 0 Å². The van der Waals surface area contributed by atoms with E-state index >= 15 is 0 Å². The fourth-order valence-electron chi connectivity index (χ4n) is 3.87. The lowest BCUT2D eigenvalue weighted by Gasteiger charge is -2.12. The minimum Gasteiger partial charge on any atom is -0.496 e. The number of hydrogen-bond donors (Lipinski definition) is 3. The molecule has 30 heavy (non-hydrogen) atoms. The SMILES string of the molecule is COc1ccccc1-c1ccc(Cn2cnc3c(N)ncnc32)c2[nH]c(CN)cc12. The number of H-pyrrole nitrogens is 1. The summed E-state index contributed by atoms with van der Waals surface area (Å²) < 4.78 is 7.55. The Morgan fingerprint density at radius 1 is 1.07 bits per heavy atom. The number of ether oxygens (including phenoxy) is 1. The summed E-state index contributed by atoms with van der Waals surface area (Å²) in [4.78, 5) is 16.2. The van der Waals surface area contributed by atoms with Crippen LogP contribution in [0.1, 0.15) is 11.3 Å². The van der Waals surface area contributed by atoms with Gasteiger partial charge in [0.15, 0.2) is 11.5 Å². The van der Waals surface area contributed by atoms with Crippen molar-refractivity contribution >= 4 is 27.9 Å². The monoisotopic (exact) mass is 399 g/mol. The predicted molar refractivity (Wildman–Crippen MR) is 117 cm³/mol. The molecule has 0 unspecified atom stereocenters. The third kappa shape index (κ3) is 2.85. The number of para-hydroxylation sites is 1. The van der Waals surface area contributed by atoms with Gasteiger partial charge < -0.3 is 25.8 Å². The van der Waals surface area contributed by atoms with Crippen LogP contribution in [0, 0.1) is 0 Å². The van der Waals surface area contributed by atoms with Crippen LogP contribution in [-0.2, 0) is 13.1 Å². The van der Waals surface area contributed by atoms with E-state index in [9.17, 15) is 0 Å². The standard InChI is InChI=1S/C22H21N7O/c1-30-18-5-3-2-4-16(18)15-7-6-13(19-17(15)8-14(9-23)28-19)10-29-12-27-20-21(24)25-11-26-22(20)29/h2-8,11-12,28H,9-10,23H2,1H3,(H2,24,25,26). The molecule has 0 spiro atoms. The highest BCUT2D eigenvalue weighted by molar-refractivity contribution is 5.99. The molecule has 0 aliphatic carbocycles. The van der Waals surface area contributed by atoms with Crippen molar-refractivity contribution in [2.75, 3.05) is 12.8 Å². The lowest BCUT2D eigenvalue weighted by atomic mass is 9.98. The second kappa shape index (κ2) is 7.16. The van der Waals surface area contributed by atoms with E-state index in [0.717, 1.165) is 39.0 Å². The van der Waals surface area contributed by atoms with E-state index in [-0.39, 0.29) is 0 Å². The molecule has 3 heterocycles. The summed E-state index contributed by atoms with van der Waals surface area (Å²) in [5, 5.41) is 1.09. The lowest BCUT2D eigenvalue weighted by Crippen LogP contribution is -2.02. The van der Waals surface area contributed by atoms with Gasteiger partial charge in [0.1, 0.15) is 17.6 Å². The Hall–Kier alpha value is -3.91. The van der Waals surface area contributed by atoms with Crippen LogP contribution in [0.4, 0.5) is 5.82 Å². The summed E-state index contributed by atoms with van der Waals surface area (Å²) in [7, 11) is 1.69. The number of nitrogen functional groups attached to an aromatic ring is 1. The molecular formula is C22H21N7O. The zero-order valence-corrected chi connectivity index (χ0v) is 16.5. The third-order valence-corrected chi connectivity index (χ3v) is 5.32. The molecule has 3 aromatic heterocycles. The molecule has 0 saturated carbocycles. The first-order chi connectivity index (χ1) is 14.7. The molecule has 0 fully saturated rings. The van der Waals surface area contributed by atoms with Crippen molar-refractivity contribution in [3.8, 4) is 16.9 Å². The van der Waals surface area contributed by atoms with E-state index in [2.05, 4.69) is 44.2 Å². The average Bonchev–Trinajstić information content (AvgIpc) is 3.39. The Morgan fingerprint density at radius 2 is 1.93 bits per heavy atom. The molecule has 8 heteroatoms. The Morgan fingerprint density at radius 3 is 2.77 bits per heavy atom. The van der Waals surface area contributed by atoms with E-state index in [0.29, 0.717) is 30.1 Å². The Labute approximate surface area is 172 Å². The van der Waals surface area contributed by atoms with E-state index in [1.54, 1.807) is 13.4 Å². The number of rotatable bonds is 5. The molecule has 5 N–H and O–H groups in total. The van der Waals surface area contributed by atoms with Gasteiger partial charge in [0.25, 0.3) is 0 Å². The van der Waals surface area contributed by atoms with E-state index in [4.69, 9.17) is 16.2 Å². The van der Waals surface area contributed by atoms with Gasteiger partial charge in [0, 0.05) is 23.2 Å². The summed E-state index contributed by atoms with van der Waals surface area (Å²) in [5.74, 6) is 1.20. The van der Waals surface area contributed by atoms with Crippen molar-refractivity contribution in [2.24, 2.45) is 5.73 Å². The summed E-state index contributed by atoms with van der Waals surface area (Å²) in [6.45, 7) is 1.01. The van der Waals surface area contributed by atoms with Crippen molar-refractivity contribution in [3.05, 3.63) is 66.4 Å². The summed E-state index contributed by atoms with van der Waals surface area (Å²) in [5.41, 5.74) is 18.4. The van der Waals surface area contributed by atoms with Gasteiger partial charge in [-0.3, -0.25) is 0 Å².